The van der Waals surface area contributed by atoms with E-state index in [1.54, 1.807) is 7.11 Å². The number of rotatable bonds is 6. The number of anilines is 2. The molecule has 0 unspecified atom stereocenters. The van der Waals surface area contributed by atoms with Crippen LogP contribution in [0.4, 0.5) is 11.4 Å². The molecule has 0 spiro atoms. The average molecular weight is 497 g/mol. The molecular formula is C30H34N5O2+. The van der Waals surface area contributed by atoms with Crippen molar-refractivity contribution in [1.82, 2.24) is 14.9 Å². The van der Waals surface area contributed by atoms with Crippen molar-refractivity contribution in [2.75, 3.05) is 38.6 Å². The number of phenolic OH excluding ortho intramolecular Hbond substituents is 1. The molecule has 4 heterocycles. The van der Waals surface area contributed by atoms with Crippen LogP contribution in [-0.2, 0) is 6.54 Å². The van der Waals surface area contributed by atoms with Crippen molar-refractivity contribution in [3.05, 3.63) is 59.2 Å². The van der Waals surface area contributed by atoms with Gasteiger partial charge in [0.2, 0.25) is 5.88 Å². The number of ether oxygens (including phenoxy) is 1. The standard InChI is InChI=1S/C30H33N5O2/c1-20-7-8-24-26(15-20)32-25-9-10-27(37-2)33-29(25)28(24)31-23-16-21(18-34-11-3-4-12-34)30(36)22(17-23)19-35-13-5-6-14-35/h7-10,15-18H,3-6,11-14,19H2,1-2H3,(H,31,32)/p+1. The molecule has 2 aliphatic rings. The number of nitrogens with one attached hydrogen (secondary N) is 1. The molecule has 4 aromatic rings. The maximum atomic E-state index is 11.3. The topological polar surface area (TPSA) is 73.5 Å². The molecule has 2 aromatic heterocycles. The Kier molecular flexibility index (Phi) is 6.38. The second kappa shape index (κ2) is 9.98. The van der Waals surface area contributed by atoms with E-state index in [1.165, 1.54) is 25.7 Å². The number of methoxy groups -OCH3 is 1. The molecule has 6 rings (SSSR count). The molecule has 2 N–H and O–H groups in total. The molecule has 0 radical (unpaired) electrons. The quantitative estimate of drug-likeness (QED) is 0.212. The van der Waals surface area contributed by atoms with Crippen LogP contribution in [0.3, 0.4) is 0 Å². The predicted molar refractivity (Wildman–Crippen MR) is 149 cm³/mol. The van der Waals surface area contributed by atoms with Crippen LogP contribution in [0.15, 0.2) is 42.5 Å². The van der Waals surface area contributed by atoms with Gasteiger partial charge in [-0.2, -0.15) is 0 Å². The third-order valence-corrected chi connectivity index (χ3v) is 7.50. The minimum Gasteiger partial charge on any atom is -0.507 e. The third kappa shape index (κ3) is 4.83. The molecule has 0 bridgehead atoms. The van der Waals surface area contributed by atoms with Crippen molar-refractivity contribution in [2.24, 2.45) is 0 Å². The monoisotopic (exact) mass is 496 g/mol. The second-order valence-corrected chi connectivity index (χ2v) is 10.3. The Morgan fingerprint density at radius 1 is 1.00 bits per heavy atom. The number of aryl methyl sites for hydroxylation is 1. The number of likely N-dealkylation sites (tertiary alicyclic amines) is 1. The molecule has 190 valence electrons. The predicted octanol–water partition coefficient (Wildman–Crippen LogP) is 5.37. The van der Waals surface area contributed by atoms with Crippen molar-refractivity contribution >= 4 is 39.5 Å². The van der Waals surface area contributed by atoms with Gasteiger partial charge in [0, 0.05) is 42.1 Å². The molecule has 2 aromatic carbocycles. The number of phenols is 1. The highest BCUT2D eigenvalue weighted by atomic mass is 16.5. The van der Waals surface area contributed by atoms with Gasteiger partial charge in [0.15, 0.2) is 6.21 Å². The van der Waals surface area contributed by atoms with Gasteiger partial charge in [-0.1, -0.05) is 12.1 Å². The van der Waals surface area contributed by atoms with Gasteiger partial charge in [-0.05, 0) is 62.7 Å². The summed E-state index contributed by atoms with van der Waals surface area (Å²) >= 11 is 0. The van der Waals surface area contributed by atoms with Crippen LogP contribution in [0, 0.1) is 6.92 Å². The lowest BCUT2D eigenvalue weighted by atomic mass is 10.1. The zero-order valence-electron chi connectivity index (χ0n) is 21.6. The van der Waals surface area contributed by atoms with Gasteiger partial charge in [-0.15, -0.1) is 0 Å². The Hall–Kier alpha value is -3.71. The Bertz CT molecular complexity index is 1500. The number of pyridine rings is 2. The number of nitrogens with zero attached hydrogens (tertiary/aromatic N) is 4. The average Bonchev–Trinajstić information content (AvgIpc) is 3.61. The van der Waals surface area contributed by atoms with E-state index in [1.807, 2.05) is 18.2 Å². The minimum absolute atomic E-state index is 0.379. The number of aromatic hydroxyl groups is 1. The van der Waals surface area contributed by atoms with Gasteiger partial charge >= 0.3 is 0 Å². The van der Waals surface area contributed by atoms with Gasteiger partial charge in [0.05, 0.1) is 29.4 Å². The third-order valence-electron chi connectivity index (χ3n) is 7.50. The summed E-state index contributed by atoms with van der Waals surface area (Å²) in [5.74, 6) is 0.927. The normalized spacial score (nSPS) is 16.1. The molecule has 7 heteroatoms. The van der Waals surface area contributed by atoms with Crippen molar-refractivity contribution in [3.63, 3.8) is 0 Å². The molecule has 2 fully saturated rings. The molecule has 7 nitrogen and oxygen atoms in total. The highest BCUT2D eigenvalue weighted by Gasteiger charge is 2.20. The van der Waals surface area contributed by atoms with Crippen LogP contribution in [0.2, 0.25) is 0 Å². The van der Waals surface area contributed by atoms with E-state index in [4.69, 9.17) is 14.7 Å². The largest absolute Gasteiger partial charge is 0.507 e. The fourth-order valence-corrected chi connectivity index (χ4v) is 5.55. The Labute approximate surface area is 217 Å². The lowest BCUT2D eigenvalue weighted by Crippen LogP contribution is -2.19. The maximum Gasteiger partial charge on any atom is 0.213 e. The summed E-state index contributed by atoms with van der Waals surface area (Å²) in [6, 6.07) is 14.2. The number of fused-ring (bicyclic) bond motifs is 2. The van der Waals surface area contributed by atoms with E-state index < -0.39 is 0 Å². The zero-order valence-corrected chi connectivity index (χ0v) is 21.6. The summed E-state index contributed by atoms with van der Waals surface area (Å²) in [4.78, 5) is 12.1. The van der Waals surface area contributed by atoms with Crippen LogP contribution in [-0.4, -0.2) is 64.1 Å². The molecule has 2 saturated heterocycles. The first kappa shape index (κ1) is 23.7. The van der Waals surface area contributed by atoms with Crippen LogP contribution in [0.5, 0.6) is 11.6 Å². The SMILES string of the molecule is COc1ccc2nc3cc(C)ccc3c(Nc3cc(C=[N+]4CCCC4)c(O)c(CN4CCCC4)c3)c2n1. The summed E-state index contributed by atoms with van der Waals surface area (Å²) < 4.78 is 7.76. The zero-order chi connectivity index (χ0) is 25.4. The Morgan fingerprint density at radius 2 is 1.81 bits per heavy atom. The Balaban J connectivity index is 1.50. The number of hydrogen-bond acceptors (Lipinski definition) is 6. The molecule has 0 atom stereocenters. The Morgan fingerprint density at radius 3 is 2.59 bits per heavy atom. The second-order valence-electron chi connectivity index (χ2n) is 10.3. The van der Waals surface area contributed by atoms with Gasteiger partial charge in [0.1, 0.15) is 24.4 Å². The van der Waals surface area contributed by atoms with Gasteiger partial charge < -0.3 is 15.2 Å². The number of benzene rings is 2. The highest BCUT2D eigenvalue weighted by Crippen LogP contribution is 2.36. The molecule has 2 aliphatic heterocycles. The van der Waals surface area contributed by atoms with Crippen LogP contribution in [0.25, 0.3) is 21.9 Å². The molecular weight excluding hydrogens is 462 g/mol. The fourth-order valence-electron chi connectivity index (χ4n) is 5.55. The van der Waals surface area contributed by atoms with E-state index >= 15 is 0 Å². The summed E-state index contributed by atoms with van der Waals surface area (Å²) in [5.41, 5.74) is 7.26. The van der Waals surface area contributed by atoms with Crippen LogP contribution in [0.1, 0.15) is 42.4 Å². The number of aromatic nitrogens is 2. The molecule has 0 saturated carbocycles. The summed E-state index contributed by atoms with van der Waals surface area (Å²) in [5, 5.41) is 16.0. The van der Waals surface area contributed by atoms with Crippen LogP contribution >= 0.6 is 0 Å². The summed E-state index contributed by atoms with van der Waals surface area (Å²) in [7, 11) is 1.63. The van der Waals surface area contributed by atoms with E-state index in [0.717, 1.165) is 82.7 Å². The summed E-state index contributed by atoms with van der Waals surface area (Å²) in [6.45, 7) is 7.03. The first-order chi connectivity index (χ1) is 18.1. The van der Waals surface area contributed by atoms with Crippen LogP contribution < -0.4 is 10.1 Å². The van der Waals surface area contributed by atoms with Gasteiger partial charge in [0.25, 0.3) is 0 Å². The minimum atomic E-state index is 0.379. The first-order valence-electron chi connectivity index (χ1n) is 13.3. The first-order valence-corrected chi connectivity index (χ1v) is 13.3. The number of hydrogen-bond donors (Lipinski definition) is 2. The summed E-state index contributed by atoms with van der Waals surface area (Å²) in [6.07, 6.45) is 6.94. The van der Waals surface area contributed by atoms with E-state index in [0.29, 0.717) is 11.6 Å². The van der Waals surface area contributed by atoms with Crippen molar-refractivity contribution in [2.45, 2.75) is 39.2 Å². The van der Waals surface area contributed by atoms with Gasteiger partial charge in [-0.3, -0.25) is 4.90 Å². The van der Waals surface area contributed by atoms with E-state index in [9.17, 15) is 5.11 Å². The molecule has 0 aliphatic carbocycles. The lowest BCUT2D eigenvalue weighted by Gasteiger charge is -2.19. The molecule has 0 amide bonds. The molecule has 37 heavy (non-hydrogen) atoms. The van der Waals surface area contributed by atoms with Crippen molar-refractivity contribution < 1.29 is 14.4 Å². The van der Waals surface area contributed by atoms with Crippen molar-refractivity contribution in [1.29, 1.82) is 0 Å². The van der Waals surface area contributed by atoms with E-state index in [-0.39, 0.29) is 0 Å². The van der Waals surface area contributed by atoms with Crippen molar-refractivity contribution in [3.8, 4) is 11.6 Å². The van der Waals surface area contributed by atoms with E-state index in [2.05, 4.69) is 52.2 Å². The van der Waals surface area contributed by atoms with Gasteiger partial charge in [-0.25, -0.2) is 14.5 Å². The fraction of sp³-hybridized carbons (Fsp3) is 0.367. The smallest absolute Gasteiger partial charge is 0.213 e. The maximum absolute atomic E-state index is 11.3. The highest BCUT2D eigenvalue weighted by molar-refractivity contribution is 6.07. The lowest BCUT2D eigenvalue weighted by molar-refractivity contribution is -0.500.